The number of primary amides is 1. The molecule has 31 heavy (non-hydrogen) atoms. The smallest absolute Gasteiger partial charge is 0.254 e. The quantitative estimate of drug-likeness (QED) is 0.294. The van der Waals surface area contributed by atoms with Crippen LogP contribution in [0, 0.1) is 0 Å². The Balaban J connectivity index is 2.14. The molecule has 2 aromatic rings. The first-order valence-electron chi connectivity index (χ1n) is 9.74. The number of pyridine rings is 1. The summed E-state index contributed by atoms with van der Waals surface area (Å²) in [7, 11) is 0. The number of rotatable bonds is 7. The van der Waals surface area contributed by atoms with E-state index in [-0.39, 0.29) is 40.9 Å². The number of aromatic nitrogens is 2. The molecule has 2 rings (SSSR count). The number of aliphatic imine (C=N–C) groups is 1. The van der Waals surface area contributed by atoms with Crippen LogP contribution in [0.15, 0.2) is 39.5 Å². The van der Waals surface area contributed by atoms with Crippen LogP contribution in [0.1, 0.15) is 51.6 Å². The van der Waals surface area contributed by atoms with Gasteiger partial charge in [0.05, 0.1) is 17.8 Å². The fraction of sp³-hybridized carbons (Fsp3) is 0.381. The third-order valence-electron chi connectivity index (χ3n) is 4.15. The number of nitrogens with two attached hydrogens (primary N) is 3. The average Bonchev–Trinajstić information content (AvgIpc) is 3.10. The molecule has 0 fully saturated rings. The van der Waals surface area contributed by atoms with Crippen molar-refractivity contribution in [2.24, 2.45) is 22.2 Å². The fourth-order valence-corrected chi connectivity index (χ4v) is 2.62. The van der Waals surface area contributed by atoms with E-state index in [1.165, 1.54) is 6.20 Å². The summed E-state index contributed by atoms with van der Waals surface area (Å²) in [6, 6.07) is 4.81. The van der Waals surface area contributed by atoms with Gasteiger partial charge in [0, 0.05) is 23.7 Å². The SMILES string of the molecule is CC(C)N=C(N)/C(C(N)=O)=C(\N)c1ccc(CC(=O)Nc2cc(C(C)(C)C)on2)cn1. The topological polar surface area (TPSA) is 176 Å². The Morgan fingerprint density at radius 2 is 1.87 bits per heavy atom. The highest BCUT2D eigenvalue weighted by atomic mass is 16.5. The number of carbonyl (C=O) groups is 2. The third-order valence-corrected chi connectivity index (χ3v) is 4.15. The molecule has 10 nitrogen and oxygen atoms in total. The number of anilines is 1. The van der Waals surface area contributed by atoms with Crippen LogP contribution in [0.3, 0.4) is 0 Å². The second-order valence-electron chi connectivity index (χ2n) is 8.36. The van der Waals surface area contributed by atoms with Crippen LogP contribution in [-0.4, -0.2) is 33.8 Å². The Morgan fingerprint density at radius 1 is 1.19 bits per heavy atom. The summed E-state index contributed by atoms with van der Waals surface area (Å²) < 4.78 is 5.25. The van der Waals surface area contributed by atoms with Crippen molar-refractivity contribution in [1.29, 1.82) is 0 Å². The molecule has 0 unspecified atom stereocenters. The van der Waals surface area contributed by atoms with Gasteiger partial charge in [-0.25, -0.2) is 0 Å². The molecular formula is C21H29N7O3. The van der Waals surface area contributed by atoms with Crippen molar-refractivity contribution in [2.75, 3.05) is 5.32 Å². The van der Waals surface area contributed by atoms with Crippen molar-refractivity contribution >= 4 is 29.2 Å². The van der Waals surface area contributed by atoms with Crippen molar-refractivity contribution in [3.63, 3.8) is 0 Å². The van der Waals surface area contributed by atoms with Crippen molar-refractivity contribution in [3.8, 4) is 0 Å². The van der Waals surface area contributed by atoms with E-state index in [9.17, 15) is 9.59 Å². The van der Waals surface area contributed by atoms with Crippen molar-refractivity contribution in [1.82, 2.24) is 10.1 Å². The molecule has 0 atom stereocenters. The minimum absolute atomic E-state index is 0.0164. The van der Waals surface area contributed by atoms with Crippen LogP contribution in [0.25, 0.3) is 5.70 Å². The van der Waals surface area contributed by atoms with Gasteiger partial charge in [-0.1, -0.05) is 32.0 Å². The molecule has 0 bridgehead atoms. The van der Waals surface area contributed by atoms with Crippen LogP contribution in [-0.2, 0) is 21.4 Å². The molecule has 10 heteroatoms. The number of nitrogens with zero attached hydrogens (tertiary/aromatic N) is 3. The summed E-state index contributed by atoms with van der Waals surface area (Å²) in [5.74, 6) is -0.114. The van der Waals surface area contributed by atoms with Crippen LogP contribution in [0.4, 0.5) is 5.82 Å². The van der Waals surface area contributed by atoms with E-state index in [0.717, 1.165) is 0 Å². The maximum atomic E-state index is 12.3. The van der Waals surface area contributed by atoms with Gasteiger partial charge < -0.3 is 27.0 Å². The molecule has 0 saturated carbocycles. The van der Waals surface area contributed by atoms with Crippen LogP contribution in [0.2, 0.25) is 0 Å². The number of hydrogen-bond acceptors (Lipinski definition) is 7. The normalized spacial score (nSPS) is 13.2. The van der Waals surface area contributed by atoms with E-state index in [1.54, 1.807) is 18.2 Å². The van der Waals surface area contributed by atoms with Gasteiger partial charge in [-0.15, -0.1) is 0 Å². The van der Waals surface area contributed by atoms with E-state index in [0.29, 0.717) is 22.8 Å². The van der Waals surface area contributed by atoms with Gasteiger partial charge >= 0.3 is 0 Å². The van der Waals surface area contributed by atoms with Crippen molar-refractivity contribution in [2.45, 2.75) is 52.5 Å². The van der Waals surface area contributed by atoms with E-state index in [1.807, 2.05) is 34.6 Å². The lowest BCUT2D eigenvalue weighted by atomic mass is 9.93. The molecule has 166 valence electrons. The maximum absolute atomic E-state index is 12.3. The van der Waals surface area contributed by atoms with E-state index in [4.69, 9.17) is 21.7 Å². The molecule has 7 N–H and O–H groups in total. The molecule has 0 aliphatic heterocycles. The van der Waals surface area contributed by atoms with E-state index in [2.05, 4.69) is 20.4 Å². The Bertz CT molecular complexity index is 1010. The summed E-state index contributed by atoms with van der Waals surface area (Å²) in [6.07, 6.45) is 1.55. The van der Waals surface area contributed by atoms with Gasteiger partial charge in [0.1, 0.15) is 17.2 Å². The highest BCUT2D eigenvalue weighted by Gasteiger charge is 2.21. The molecule has 0 aliphatic carbocycles. The molecule has 2 amide bonds. The van der Waals surface area contributed by atoms with Gasteiger partial charge in [-0.2, -0.15) is 0 Å². The molecular weight excluding hydrogens is 398 g/mol. The number of amidine groups is 1. The third kappa shape index (κ3) is 6.39. The van der Waals surface area contributed by atoms with E-state index >= 15 is 0 Å². The summed E-state index contributed by atoms with van der Waals surface area (Å²) in [5.41, 5.74) is 18.0. The zero-order chi connectivity index (χ0) is 23.3. The highest BCUT2D eigenvalue weighted by molar-refractivity contribution is 6.24. The summed E-state index contributed by atoms with van der Waals surface area (Å²) in [6.45, 7) is 9.57. The average molecular weight is 428 g/mol. The number of hydrogen-bond donors (Lipinski definition) is 4. The lowest BCUT2D eigenvalue weighted by Gasteiger charge is -2.12. The van der Waals surface area contributed by atoms with Crippen LogP contribution >= 0.6 is 0 Å². The zero-order valence-corrected chi connectivity index (χ0v) is 18.4. The molecule has 2 heterocycles. The zero-order valence-electron chi connectivity index (χ0n) is 18.4. The largest absolute Gasteiger partial charge is 0.396 e. The minimum Gasteiger partial charge on any atom is -0.396 e. The number of amides is 2. The van der Waals surface area contributed by atoms with Crippen LogP contribution < -0.4 is 22.5 Å². The number of nitrogens with one attached hydrogen (secondary N) is 1. The number of carbonyl (C=O) groups excluding carboxylic acids is 2. The monoisotopic (exact) mass is 427 g/mol. The molecule has 0 aliphatic rings. The lowest BCUT2D eigenvalue weighted by Crippen LogP contribution is -2.30. The summed E-state index contributed by atoms with van der Waals surface area (Å²) in [5, 5.41) is 6.55. The van der Waals surface area contributed by atoms with Gasteiger partial charge in [-0.3, -0.25) is 19.6 Å². The molecule has 0 aromatic carbocycles. The summed E-state index contributed by atoms with van der Waals surface area (Å²) >= 11 is 0. The molecule has 0 saturated heterocycles. The van der Waals surface area contributed by atoms with E-state index < -0.39 is 5.91 Å². The van der Waals surface area contributed by atoms with Gasteiger partial charge in [0.2, 0.25) is 5.91 Å². The maximum Gasteiger partial charge on any atom is 0.254 e. The Labute approximate surface area is 181 Å². The highest BCUT2D eigenvalue weighted by Crippen LogP contribution is 2.24. The molecule has 0 spiro atoms. The first-order valence-corrected chi connectivity index (χ1v) is 9.74. The molecule has 2 aromatic heterocycles. The second-order valence-corrected chi connectivity index (χ2v) is 8.36. The second kappa shape index (κ2) is 9.41. The van der Waals surface area contributed by atoms with Gasteiger partial charge in [0.25, 0.3) is 5.91 Å². The van der Waals surface area contributed by atoms with Gasteiger partial charge in [-0.05, 0) is 25.5 Å². The molecule has 0 radical (unpaired) electrons. The van der Waals surface area contributed by atoms with Crippen LogP contribution in [0.5, 0.6) is 0 Å². The Morgan fingerprint density at radius 3 is 2.35 bits per heavy atom. The standard InChI is InChI=1S/C21H29N7O3/c1-11(2)26-19(23)17(20(24)30)18(22)13-7-6-12(10-25-13)8-16(29)27-15-9-14(31-28-15)21(3,4)5/h6-7,9-11H,8,22H2,1-5H3,(H2,23,26)(H2,24,30)(H,27,28,29)/b18-17+. The predicted octanol–water partition coefficient (Wildman–Crippen LogP) is 1.47. The minimum atomic E-state index is -0.799. The predicted molar refractivity (Wildman–Crippen MR) is 119 cm³/mol. The van der Waals surface area contributed by atoms with Crippen molar-refractivity contribution < 1.29 is 14.1 Å². The van der Waals surface area contributed by atoms with Gasteiger partial charge in [0.15, 0.2) is 5.82 Å². The lowest BCUT2D eigenvalue weighted by molar-refractivity contribution is -0.116. The Hall–Kier alpha value is -3.69. The first-order chi connectivity index (χ1) is 14.4. The van der Waals surface area contributed by atoms with Crippen molar-refractivity contribution in [3.05, 3.63) is 47.0 Å². The Kier molecular flexibility index (Phi) is 7.16. The first kappa shape index (κ1) is 23.6. The summed E-state index contributed by atoms with van der Waals surface area (Å²) in [4.78, 5) is 32.5. The fourth-order valence-electron chi connectivity index (χ4n) is 2.62.